The lowest BCUT2D eigenvalue weighted by Gasteiger charge is -2.24. The van der Waals surface area contributed by atoms with Crippen LogP contribution in [0.15, 0.2) is 42.7 Å². The highest BCUT2D eigenvalue weighted by molar-refractivity contribution is 5.84. The maximum Gasteiger partial charge on any atom is 0.134 e. The molecule has 7 heteroatoms. The molecule has 0 spiro atoms. The Hall–Kier alpha value is -2.93. The number of pyridine rings is 1. The summed E-state index contributed by atoms with van der Waals surface area (Å²) in [5.74, 6) is 2.57. The number of aromatic nitrogens is 3. The lowest BCUT2D eigenvalue weighted by atomic mass is 10.1. The number of para-hydroxylation sites is 1. The predicted octanol–water partition coefficient (Wildman–Crippen LogP) is 2.66. The normalized spacial score (nSPS) is 16.5. The van der Waals surface area contributed by atoms with Gasteiger partial charge in [-0.15, -0.1) is 0 Å². The second kappa shape index (κ2) is 7.98. The van der Waals surface area contributed by atoms with E-state index in [1.54, 1.807) is 6.33 Å². The first-order valence-corrected chi connectivity index (χ1v) is 9.65. The van der Waals surface area contributed by atoms with Crippen LogP contribution in [0, 0.1) is 0 Å². The van der Waals surface area contributed by atoms with E-state index < -0.39 is 0 Å². The molecule has 1 aliphatic heterocycles. The fraction of sp³-hybridized carbons (Fsp3) is 0.381. The van der Waals surface area contributed by atoms with Crippen LogP contribution in [0.2, 0.25) is 0 Å². The molecule has 28 heavy (non-hydrogen) atoms. The summed E-state index contributed by atoms with van der Waals surface area (Å²) in [6.45, 7) is 1.72. The summed E-state index contributed by atoms with van der Waals surface area (Å²) in [5, 5.41) is 14.1. The number of aliphatic hydroxyl groups excluding tert-OH is 1. The first-order valence-electron chi connectivity index (χ1n) is 9.65. The van der Waals surface area contributed by atoms with E-state index in [9.17, 15) is 5.11 Å². The molecule has 2 aromatic heterocycles. The van der Waals surface area contributed by atoms with Crippen LogP contribution in [0.5, 0.6) is 0 Å². The van der Waals surface area contributed by atoms with E-state index in [-0.39, 0.29) is 12.6 Å². The summed E-state index contributed by atoms with van der Waals surface area (Å²) in [4.78, 5) is 17.7. The van der Waals surface area contributed by atoms with E-state index in [4.69, 9.17) is 4.98 Å². The fourth-order valence-electron chi connectivity index (χ4n) is 3.72. The number of hydrogen-bond acceptors (Lipinski definition) is 7. The molecule has 1 saturated heterocycles. The summed E-state index contributed by atoms with van der Waals surface area (Å²) in [7, 11) is 4.00. The highest BCUT2D eigenvalue weighted by Crippen LogP contribution is 2.26. The first kappa shape index (κ1) is 18.4. The third-order valence-electron chi connectivity index (χ3n) is 5.24. The van der Waals surface area contributed by atoms with Crippen molar-refractivity contribution in [2.24, 2.45) is 0 Å². The first-order chi connectivity index (χ1) is 13.7. The summed E-state index contributed by atoms with van der Waals surface area (Å²) >= 11 is 0. The fourth-order valence-corrected chi connectivity index (χ4v) is 3.72. The monoisotopic (exact) mass is 378 g/mol. The summed E-state index contributed by atoms with van der Waals surface area (Å²) in [5.41, 5.74) is 2.15. The van der Waals surface area contributed by atoms with Crippen LogP contribution in [0.4, 0.5) is 17.5 Å². The summed E-state index contributed by atoms with van der Waals surface area (Å²) < 4.78 is 0. The van der Waals surface area contributed by atoms with Crippen molar-refractivity contribution in [1.29, 1.82) is 0 Å². The molecule has 1 atom stereocenters. The Morgan fingerprint density at radius 1 is 1.21 bits per heavy atom. The number of rotatable bonds is 6. The van der Waals surface area contributed by atoms with E-state index in [2.05, 4.69) is 32.3 Å². The van der Waals surface area contributed by atoms with Crippen LogP contribution < -0.4 is 15.1 Å². The van der Waals surface area contributed by atoms with Crippen molar-refractivity contribution in [3.05, 3.63) is 48.3 Å². The number of anilines is 3. The molecule has 0 aliphatic carbocycles. The Morgan fingerprint density at radius 2 is 2.07 bits per heavy atom. The SMILES string of the molecule is CN(C)c1cc(CNc2cc(N3CCCC3CO)ncn2)c2ccccc2n1. The molecule has 1 aliphatic rings. The summed E-state index contributed by atoms with van der Waals surface area (Å²) in [6.07, 6.45) is 3.66. The quantitative estimate of drug-likeness (QED) is 0.683. The Kier molecular flexibility index (Phi) is 5.25. The minimum absolute atomic E-state index is 0.148. The predicted molar refractivity (Wildman–Crippen MR) is 113 cm³/mol. The lowest BCUT2D eigenvalue weighted by Crippen LogP contribution is -2.32. The molecular weight excluding hydrogens is 352 g/mol. The molecule has 7 nitrogen and oxygen atoms in total. The van der Waals surface area contributed by atoms with Gasteiger partial charge in [-0.05, 0) is 30.5 Å². The zero-order valence-corrected chi connectivity index (χ0v) is 16.3. The van der Waals surface area contributed by atoms with Crippen LogP contribution in [-0.2, 0) is 6.54 Å². The Morgan fingerprint density at radius 3 is 2.89 bits per heavy atom. The van der Waals surface area contributed by atoms with Crippen LogP contribution in [-0.4, -0.2) is 53.3 Å². The second-order valence-electron chi connectivity index (χ2n) is 7.34. The topological polar surface area (TPSA) is 77.4 Å². The molecule has 1 unspecified atom stereocenters. The molecule has 3 heterocycles. The van der Waals surface area contributed by atoms with Gasteiger partial charge in [0.2, 0.25) is 0 Å². The van der Waals surface area contributed by atoms with Gasteiger partial charge in [0.05, 0.1) is 18.2 Å². The standard InChI is InChI=1S/C21H26N6O/c1-26(2)21-10-15(17-7-3-4-8-18(17)25-21)12-22-19-11-20(24-14-23-19)27-9-5-6-16(27)13-28/h3-4,7-8,10-11,14,16,28H,5-6,9,12-13H2,1-2H3,(H,22,23,24). The van der Waals surface area contributed by atoms with Crippen molar-refractivity contribution in [1.82, 2.24) is 15.0 Å². The number of benzene rings is 1. The molecule has 0 bridgehead atoms. The average molecular weight is 378 g/mol. The van der Waals surface area contributed by atoms with E-state index in [1.807, 2.05) is 43.3 Å². The molecule has 1 fully saturated rings. The van der Waals surface area contributed by atoms with Gasteiger partial charge in [-0.1, -0.05) is 18.2 Å². The van der Waals surface area contributed by atoms with Crippen LogP contribution in [0.1, 0.15) is 18.4 Å². The molecule has 3 aromatic rings. The third kappa shape index (κ3) is 3.71. The van der Waals surface area contributed by atoms with Gasteiger partial charge in [-0.3, -0.25) is 0 Å². The second-order valence-corrected chi connectivity index (χ2v) is 7.34. The van der Waals surface area contributed by atoms with E-state index >= 15 is 0 Å². The van der Waals surface area contributed by atoms with E-state index in [1.165, 1.54) is 5.56 Å². The Labute approximate surface area is 165 Å². The number of nitrogens with zero attached hydrogens (tertiary/aromatic N) is 5. The van der Waals surface area contributed by atoms with Gasteiger partial charge in [0.15, 0.2) is 0 Å². The van der Waals surface area contributed by atoms with E-state index in [0.29, 0.717) is 6.54 Å². The summed E-state index contributed by atoms with van der Waals surface area (Å²) in [6, 6.07) is 12.4. The van der Waals surface area contributed by atoms with Crippen molar-refractivity contribution >= 4 is 28.4 Å². The molecule has 2 N–H and O–H groups in total. The van der Waals surface area contributed by atoms with Gasteiger partial charge in [-0.2, -0.15) is 0 Å². The molecule has 0 amide bonds. The minimum atomic E-state index is 0.148. The molecule has 146 valence electrons. The molecule has 1 aromatic carbocycles. The highest BCUT2D eigenvalue weighted by Gasteiger charge is 2.25. The molecule has 0 radical (unpaired) electrons. The van der Waals surface area contributed by atoms with Crippen molar-refractivity contribution in [3.63, 3.8) is 0 Å². The van der Waals surface area contributed by atoms with Crippen LogP contribution in [0.25, 0.3) is 10.9 Å². The number of hydrogen-bond donors (Lipinski definition) is 2. The smallest absolute Gasteiger partial charge is 0.134 e. The van der Waals surface area contributed by atoms with Crippen molar-refractivity contribution in [3.8, 4) is 0 Å². The van der Waals surface area contributed by atoms with Crippen LogP contribution in [0.3, 0.4) is 0 Å². The van der Waals surface area contributed by atoms with E-state index in [0.717, 1.165) is 47.7 Å². The molecule has 4 rings (SSSR count). The zero-order chi connectivity index (χ0) is 19.5. The van der Waals surface area contributed by atoms with Gasteiger partial charge in [0.25, 0.3) is 0 Å². The maximum atomic E-state index is 9.58. The average Bonchev–Trinajstić information content (AvgIpc) is 3.21. The van der Waals surface area contributed by atoms with Crippen LogP contribution >= 0.6 is 0 Å². The number of fused-ring (bicyclic) bond motifs is 1. The third-order valence-corrected chi connectivity index (χ3v) is 5.24. The van der Waals surface area contributed by atoms with Gasteiger partial charge in [0, 0.05) is 38.6 Å². The molecule has 0 saturated carbocycles. The highest BCUT2D eigenvalue weighted by atomic mass is 16.3. The zero-order valence-electron chi connectivity index (χ0n) is 16.3. The van der Waals surface area contributed by atoms with Gasteiger partial charge in [-0.25, -0.2) is 15.0 Å². The van der Waals surface area contributed by atoms with Gasteiger partial charge >= 0.3 is 0 Å². The van der Waals surface area contributed by atoms with Crippen molar-refractivity contribution in [2.75, 3.05) is 42.4 Å². The number of aliphatic hydroxyl groups is 1. The van der Waals surface area contributed by atoms with Crippen molar-refractivity contribution in [2.45, 2.75) is 25.4 Å². The minimum Gasteiger partial charge on any atom is -0.394 e. The molecular formula is C21H26N6O. The van der Waals surface area contributed by atoms with Crippen molar-refractivity contribution < 1.29 is 5.11 Å². The van der Waals surface area contributed by atoms with Gasteiger partial charge in [0.1, 0.15) is 23.8 Å². The Bertz CT molecular complexity index is 961. The Balaban J connectivity index is 1.57. The maximum absolute atomic E-state index is 9.58. The lowest BCUT2D eigenvalue weighted by molar-refractivity contribution is 0.266. The number of nitrogens with one attached hydrogen (secondary N) is 1. The largest absolute Gasteiger partial charge is 0.394 e. The van der Waals surface area contributed by atoms with Gasteiger partial charge < -0.3 is 20.2 Å².